The third-order valence-electron chi connectivity index (χ3n) is 2.12. The molecule has 0 bridgehead atoms. The van der Waals surface area contributed by atoms with Crippen molar-refractivity contribution in [1.29, 1.82) is 0 Å². The molecule has 0 saturated carbocycles. The number of hydrogen-bond donors (Lipinski definition) is 2. The first-order valence-corrected chi connectivity index (χ1v) is 4.56. The first-order chi connectivity index (χ1) is 6.58. The monoisotopic (exact) mass is 211 g/mol. The van der Waals surface area contributed by atoms with Crippen molar-refractivity contribution in [1.82, 2.24) is 0 Å². The molecule has 1 aliphatic rings. The molecule has 0 aromatic heterocycles. The van der Waals surface area contributed by atoms with Gasteiger partial charge in [-0.2, -0.15) is 0 Å². The van der Waals surface area contributed by atoms with Crippen molar-refractivity contribution in [2.45, 2.75) is 0 Å². The lowest BCUT2D eigenvalue weighted by molar-refractivity contribution is -0.115. The van der Waals surface area contributed by atoms with E-state index in [0.29, 0.717) is 22.9 Å². The van der Waals surface area contributed by atoms with Crippen LogP contribution in [0.4, 0.5) is 17.1 Å². The van der Waals surface area contributed by atoms with Crippen molar-refractivity contribution in [3.8, 4) is 0 Å². The van der Waals surface area contributed by atoms with E-state index in [4.69, 9.17) is 17.3 Å². The van der Waals surface area contributed by atoms with Gasteiger partial charge in [0, 0.05) is 12.7 Å². The van der Waals surface area contributed by atoms with Gasteiger partial charge in [-0.25, -0.2) is 0 Å². The van der Waals surface area contributed by atoms with Crippen molar-refractivity contribution in [2.24, 2.45) is 0 Å². The van der Waals surface area contributed by atoms with Gasteiger partial charge in [0.2, 0.25) is 5.91 Å². The van der Waals surface area contributed by atoms with Gasteiger partial charge in [-0.05, 0) is 12.1 Å². The lowest BCUT2D eigenvalue weighted by Gasteiger charge is -2.28. The van der Waals surface area contributed by atoms with Crippen LogP contribution in [0.25, 0.3) is 0 Å². The Labute approximate surface area is 86.6 Å². The topological polar surface area (TPSA) is 58.4 Å². The lowest BCUT2D eigenvalue weighted by atomic mass is 10.2. The Morgan fingerprint density at radius 3 is 3.00 bits per heavy atom. The minimum atomic E-state index is -0.0540. The summed E-state index contributed by atoms with van der Waals surface area (Å²) in [5.74, 6) is -0.0540. The summed E-state index contributed by atoms with van der Waals surface area (Å²) in [6.45, 7) is 0.316. The quantitative estimate of drug-likeness (QED) is 0.637. The maximum Gasteiger partial charge on any atom is 0.243 e. The zero-order valence-corrected chi connectivity index (χ0v) is 8.43. The smallest absolute Gasteiger partial charge is 0.243 e. The standard InChI is InChI=1S/C9H10ClN3O/c1-13-4-8(14)12-7-3-5(11)2-6(10)9(7)13/h2-3H,4,11H2,1H3,(H,12,14). The minimum Gasteiger partial charge on any atom is -0.399 e. The number of carbonyl (C=O) groups is 1. The highest BCUT2D eigenvalue weighted by atomic mass is 35.5. The van der Waals surface area contributed by atoms with E-state index in [1.807, 2.05) is 7.05 Å². The molecule has 0 saturated heterocycles. The molecule has 74 valence electrons. The first kappa shape index (κ1) is 9.15. The van der Waals surface area contributed by atoms with Crippen molar-refractivity contribution >= 4 is 34.6 Å². The lowest BCUT2D eigenvalue weighted by Crippen LogP contribution is -2.35. The van der Waals surface area contributed by atoms with Crippen LogP contribution in [0, 0.1) is 0 Å². The highest BCUT2D eigenvalue weighted by Crippen LogP contribution is 2.37. The normalized spacial score (nSPS) is 15.0. The molecule has 0 radical (unpaired) electrons. The van der Waals surface area contributed by atoms with E-state index in [2.05, 4.69) is 5.32 Å². The summed E-state index contributed by atoms with van der Waals surface area (Å²) in [6.07, 6.45) is 0. The molecular weight excluding hydrogens is 202 g/mol. The molecule has 0 spiro atoms. The Morgan fingerprint density at radius 1 is 1.57 bits per heavy atom. The van der Waals surface area contributed by atoms with Gasteiger partial charge in [0.25, 0.3) is 0 Å². The van der Waals surface area contributed by atoms with Gasteiger partial charge in [-0.1, -0.05) is 11.6 Å². The highest BCUT2D eigenvalue weighted by Gasteiger charge is 2.21. The van der Waals surface area contributed by atoms with Crippen LogP contribution in [-0.2, 0) is 4.79 Å². The number of fused-ring (bicyclic) bond motifs is 1. The largest absolute Gasteiger partial charge is 0.399 e. The number of halogens is 1. The maximum atomic E-state index is 11.2. The van der Waals surface area contributed by atoms with Crippen LogP contribution >= 0.6 is 11.6 Å². The zero-order chi connectivity index (χ0) is 10.3. The number of likely N-dealkylation sites (N-methyl/N-ethyl adjacent to an activating group) is 1. The van der Waals surface area contributed by atoms with E-state index >= 15 is 0 Å². The van der Waals surface area contributed by atoms with E-state index in [0.717, 1.165) is 5.69 Å². The van der Waals surface area contributed by atoms with E-state index < -0.39 is 0 Å². The van der Waals surface area contributed by atoms with Crippen molar-refractivity contribution in [2.75, 3.05) is 29.5 Å². The second-order valence-electron chi connectivity index (χ2n) is 3.30. The third-order valence-corrected chi connectivity index (χ3v) is 2.41. The van der Waals surface area contributed by atoms with Gasteiger partial charge in [0.05, 0.1) is 22.9 Å². The molecule has 14 heavy (non-hydrogen) atoms. The Morgan fingerprint density at radius 2 is 2.29 bits per heavy atom. The van der Waals surface area contributed by atoms with Gasteiger partial charge in [0.15, 0.2) is 0 Å². The average Bonchev–Trinajstić information content (AvgIpc) is 1.99. The van der Waals surface area contributed by atoms with Crippen LogP contribution in [0.15, 0.2) is 12.1 Å². The number of benzene rings is 1. The zero-order valence-electron chi connectivity index (χ0n) is 7.67. The Kier molecular flexibility index (Phi) is 2.00. The molecule has 1 aliphatic heterocycles. The van der Waals surface area contributed by atoms with Gasteiger partial charge in [-0.15, -0.1) is 0 Å². The van der Waals surface area contributed by atoms with Crippen molar-refractivity contribution in [3.05, 3.63) is 17.2 Å². The van der Waals surface area contributed by atoms with Gasteiger partial charge >= 0.3 is 0 Å². The fourth-order valence-electron chi connectivity index (χ4n) is 1.59. The summed E-state index contributed by atoms with van der Waals surface area (Å²) in [7, 11) is 1.82. The summed E-state index contributed by atoms with van der Waals surface area (Å²) >= 11 is 6.02. The molecule has 0 aliphatic carbocycles. The molecule has 1 aromatic rings. The van der Waals surface area contributed by atoms with Crippen molar-refractivity contribution < 1.29 is 4.79 Å². The van der Waals surface area contributed by atoms with Gasteiger partial charge in [-0.3, -0.25) is 4.79 Å². The first-order valence-electron chi connectivity index (χ1n) is 4.18. The molecule has 1 amide bonds. The highest BCUT2D eigenvalue weighted by molar-refractivity contribution is 6.34. The molecule has 0 fully saturated rings. The Bertz CT molecular complexity index is 405. The van der Waals surface area contributed by atoms with Crippen LogP contribution in [0.2, 0.25) is 5.02 Å². The predicted molar refractivity (Wildman–Crippen MR) is 57.8 cm³/mol. The van der Waals surface area contributed by atoms with E-state index in [1.165, 1.54) is 0 Å². The van der Waals surface area contributed by atoms with Crippen LogP contribution < -0.4 is 16.0 Å². The molecule has 1 heterocycles. The van der Waals surface area contributed by atoms with Gasteiger partial charge < -0.3 is 16.0 Å². The number of nitrogen functional groups attached to an aromatic ring is 1. The molecule has 0 atom stereocenters. The van der Waals surface area contributed by atoms with Gasteiger partial charge in [0.1, 0.15) is 0 Å². The fraction of sp³-hybridized carbons (Fsp3) is 0.222. The van der Waals surface area contributed by atoms with Crippen LogP contribution in [0.1, 0.15) is 0 Å². The molecule has 4 nitrogen and oxygen atoms in total. The Hall–Kier alpha value is -1.42. The number of carbonyl (C=O) groups excluding carboxylic acids is 1. The van der Waals surface area contributed by atoms with Crippen LogP contribution in [-0.4, -0.2) is 19.5 Å². The summed E-state index contributed by atoms with van der Waals surface area (Å²) in [5, 5.41) is 3.28. The average molecular weight is 212 g/mol. The summed E-state index contributed by atoms with van der Waals surface area (Å²) in [4.78, 5) is 13.0. The third kappa shape index (κ3) is 1.37. The van der Waals surface area contributed by atoms with E-state index in [1.54, 1.807) is 17.0 Å². The molecule has 1 aromatic carbocycles. The number of hydrogen-bond acceptors (Lipinski definition) is 3. The minimum absolute atomic E-state index is 0.0540. The second kappa shape index (κ2) is 3.06. The van der Waals surface area contributed by atoms with E-state index in [-0.39, 0.29) is 5.91 Å². The number of rotatable bonds is 0. The Balaban J connectivity index is 2.58. The predicted octanol–water partition coefficient (Wildman–Crippen LogP) is 1.31. The second-order valence-corrected chi connectivity index (χ2v) is 3.71. The summed E-state index contributed by atoms with van der Waals surface area (Å²) in [5.41, 5.74) is 7.66. The van der Waals surface area contributed by atoms with Crippen molar-refractivity contribution in [3.63, 3.8) is 0 Å². The number of nitrogens with two attached hydrogens (primary N) is 1. The maximum absolute atomic E-state index is 11.2. The number of amides is 1. The molecule has 3 N–H and O–H groups in total. The molecule has 2 rings (SSSR count). The summed E-state index contributed by atoms with van der Waals surface area (Å²) < 4.78 is 0. The SMILES string of the molecule is CN1CC(=O)Nc2cc(N)cc(Cl)c21. The van der Waals surface area contributed by atoms with E-state index in [9.17, 15) is 4.79 Å². The van der Waals surface area contributed by atoms with Crippen LogP contribution in [0.3, 0.4) is 0 Å². The molecule has 0 unspecified atom stereocenters. The number of anilines is 3. The van der Waals surface area contributed by atoms with Crippen LogP contribution in [0.5, 0.6) is 0 Å². The fourth-order valence-corrected chi connectivity index (χ4v) is 1.96. The number of nitrogens with one attached hydrogen (secondary N) is 1. The molecule has 5 heteroatoms. The number of nitrogens with zero attached hydrogens (tertiary/aromatic N) is 1. The molecular formula is C9H10ClN3O. The summed E-state index contributed by atoms with van der Waals surface area (Å²) in [6, 6.07) is 3.38.